The van der Waals surface area contributed by atoms with Gasteiger partial charge in [0.1, 0.15) is 11.6 Å². The third-order valence-corrected chi connectivity index (χ3v) is 12.2. The fourth-order valence-corrected chi connectivity index (χ4v) is 9.18. The topological polar surface area (TPSA) is 116 Å². The summed E-state index contributed by atoms with van der Waals surface area (Å²) >= 11 is 13.1. The third kappa shape index (κ3) is 4.76. The van der Waals surface area contributed by atoms with Crippen molar-refractivity contribution in [3.63, 3.8) is 0 Å². The summed E-state index contributed by atoms with van der Waals surface area (Å²) in [5, 5.41) is 29.4. The Hall–Kier alpha value is -4.48. The molecule has 0 radical (unpaired) electrons. The number of aromatic nitrogens is 4. The van der Waals surface area contributed by atoms with Crippen LogP contribution in [0.15, 0.2) is 42.7 Å². The molecule has 9 nitrogen and oxygen atoms in total. The predicted octanol–water partition coefficient (Wildman–Crippen LogP) is 7.59. The number of pyridine rings is 1. The monoisotopic (exact) mass is 706 g/mol. The van der Waals surface area contributed by atoms with Gasteiger partial charge in [0.25, 0.3) is 0 Å². The normalized spacial score (nSPS) is 24.1. The van der Waals surface area contributed by atoms with E-state index in [9.17, 15) is 15.3 Å². The summed E-state index contributed by atoms with van der Waals surface area (Å²) in [4.78, 5) is 20.9. The molecule has 5 aromatic rings. The van der Waals surface area contributed by atoms with Crippen LogP contribution in [0, 0.1) is 47.2 Å². The van der Waals surface area contributed by atoms with Gasteiger partial charge in [-0.2, -0.15) is 15.6 Å². The molecule has 2 bridgehead atoms. The predicted molar refractivity (Wildman–Crippen MR) is 188 cm³/mol. The van der Waals surface area contributed by atoms with E-state index in [1.807, 2.05) is 22.6 Å². The summed E-state index contributed by atoms with van der Waals surface area (Å²) in [5.41, 5.74) is 4.78. The number of benzene rings is 2. The SMILES string of the molecule is Cc1nc2c(F)c(-c3cccc(Cl)c3Cl)c(CCC#N)cc2c2c1cc([C@H]1C[C@H](n3cc(C#N)cn3)CN1C(=O)C1CC1)n2[C@H]1[C@H]2CN[C@@H]1C2. The fourth-order valence-electron chi connectivity index (χ4n) is 8.79. The minimum atomic E-state index is -0.493. The van der Waals surface area contributed by atoms with Crippen LogP contribution >= 0.6 is 23.2 Å². The molecule has 252 valence electrons. The highest BCUT2D eigenvalue weighted by Gasteiger charge is 2.51. The number of aryl methyl sites for hydroxylation is 2. The first-order valence-corrected chi connectivity index (χ1v) is 18.0. The summed E-state index contributed by atoms with van der Waals surface area (Å²) < 4.78 is 21.4. The number of carbonyl (C=O) groups excluding carboxylic acids is 1. The molecule has 2 saturated carbocycles. The Morgan fingerprint density at radius 1 is 1.16 bits per heavy atom. The largest absolute Gasteiger partial charge is 0.337 e. The molecule has 12 heteroatoms. The number of nitrogens with one attached hydrogen (secondary N) is 1. The minimum absolute atomic E-state index is 0.0284. The Morgan fingerprint density at radius 2 is 2.00 bits per heavy atom. The number of nitriles is 2. The lowest BCUT2D eigenvalue weighted by molar-refractivity contribution is -0.133. The van der Waals surface area contributed by atoms with Gasteiger partial charge in [-0.05, 0) is 68.7 Å². The number of amides is 1. The second-order valence-corrected chi connectivity index (χ2v) is 15.1. The maximum atomic E-state index is 17.1. The van der Waals surface area contributed by atoms with Gasteiger partial charge in [0, 0.05) is 71.0 Å². The van der Waals surface area contributed by atoms with E-state index in [0.29, 0.717) is 63.7 Å². The molecule has 2 aliphatic carbocycles. The molecule has 3 aromatic heterocycles. The Labute approximate surface area is 298 Å². The zero-order chi connectivity index (χ0) is 34.4. The number of rotatable bonds is 7. The summed E-state index contributed by atoms with van der Waals surface area (Å²) in [5.74, 6) is 0.0939. The van der Waals surface area contributed by atoms with E-state index in [2.05, 4.69) is 33.2 Å². The summed E-state index contributed by atoms with van der Waals surface area (Å²) in [7, 11) is 0. The van der Waals surface area contributed by atoms with E-state index in [1.54, 1.807) is 30.6 Å². The van der Waals surface area contributed by atoms with Gasteiger partial charge >= 0.3 is 0 Å². The highest BCUT2D eigenvalue weighted by Crippen LogP contribution is 2.52. The molecule has 10 rings (SSSR count). The molecular weight excluding hydrogens is 674 g/mol. The van der Waals surface area contributed by atoms with Crippen molar-refractivity contribution in [1.82, 2.24) is 29.5 Å². The molecular formula is C38H33Cl2FN8O. The zero-order valence-electron chi connectivity index (χ0n) is 27.3. The first-order valence-electron chi connectivity index (χ1n) is 17.2. The molecule has 0 unspecified atom stereocenters. The van der Waals surface area contributed by atoms with Gasteiger partial charge in [-0.3, -0.25) is 9.48 Å². The summed E-state index contributed by atoms with van der Waals surface area (Å²) in [6, 6.07) is 13.8. The molecule has 1 N–H and O–H groups in total. The van der Waals surface area contributed by atoms with Gasteiger partial charge in [-0.1, -0.05) is 35.3 Å². The number of hydrogen-bond donors (Lipinski definition) is 1. The maximum absolute atomic E-state index is 17.1. The Kier molecular flexibility index (Phi) is 7.44. The second kappa shape index (κ2) is 11.8. The van der Waals surface area contributed by atoms with E-state index >= 15 is 4.39 Å². The molecule has 5 aliphatic rings. The molecule has 1 amide bonds. The van der Waals surface area contributed by atoms with Gasteiger partial charge in [-0.25, -0.2) is 9.37 Å². The first kappa shape index (κ1) is 31.5. The van der Waals surface area contributed by atoms with Crippen molar-refractivity contribution >= 4 is 50.9 Å². The van der Waals surface area contributed by atoms with Crippen LogP contribution in [0.4, 0.5) is 4.39 Å². The van der Waals surface area contributed by atoms with Crippen molar-refractivity contribution < 1.29 is 9.18 Å². The van der Waals surface area contributed by atoms with Crippen LogP contribution in [0.3, 0.4) is 0 Å². The first-order chi connectivity index (χ1) is 24.3. The van der Waals surface area contributed by atoms with Crippen molar-refractivity contribution in [1.29, 1.82) is 10.5 Å². The van der Waals surface area contributed by atoms with Gasteiger partial charge in [0.15, 0.2) is 5.82 Å². The Morgan fingerprint density at radius 3 is 2.70 bits per heavy atom. The number of halogens is 3. The lowest BCUT2D eigenvalue weighted by Gasteiger charge is -2.39. The fraction of sp³-hybridized carbons (Fsp3) is 0.395. The summed E-state index contributed by atoms with van der Waals surface area (Å²) in [6.07, 6.45) is 7.34. The number of nitrogens with zero attached hydrogens (tertiary/aromatic N) is 7. The lowest BCUT2D eigenvalue weighted by Crippen LogP contribution is -2.41. The van der Waals surface area contributed by atoms with E-state index in [4.69, 9.17) is 28.2 Å². The van der Waals surface area contributed by atoms with Crippen molar-refractivity contribution in [2.75, 3.05) is 13.1 Å². The average molecular weight is 708 g/mol. The van der Waals surface area contributed by atoms with Crippen LogP contribution in [-0.2, 0) is 11.2 Å². The molecule has 50 heavy (non-hydrogen) atoms. The van der Waals surface area contributed by atoms with Crippen LogP contribution in [0.5, 0.6) is 0 Å². The molecule has 0 spiro atoms. The van der Waals surface area contributed by atoms with Crippen molar-refractivity contribution in [3.8, 4) is 23.3 Å². The highest BCUT2D eigenvalue weighted by molar-refractivity contribution is 6.43. The third-order valence-electron chi connectivity index (χ3n) is 11.4. The van der Waals surface area contributed by atoms with Gasteiger partial charge in [0.2, 0.25) is 5.91 Å². The molecule has 6 heterocycles. The lowest BCUT2D eigenvalue weighted by atomic mass is 9.79. The zero-order valence-corrected chi connectivity index (χ0v) is 28.8. The van der Waals surface area contributed by atoms with Crippen LogP contribution < -0.4 is 5.32 Å². The Bertz CT molecular complexity index is 2320. The molecule has 5 fully saturated rings. The van der Waals surface area contributed by atoms with Crippen LogP contribution in [0.2, 0.25) is 10.0 Å². The quantitative estimate of drug-likeness (QED) is 0.186. The van der Waals surface area contributed by atoms with Crippen LogP contribution in [-0.4, -0.2) is 49.3 Å². The van der Waals surface area contributed by atoms with Gasteiger partial charge in [-0.15, -0.1) is 0 Å². The number of carbonyl (C=O) groups is 1. The van der Waals surface area contributed by atoms with Crippen molar-refractivity contribution in [3.05, 3.63) is 81.1 Å². The molecule has 3 saturated heterocycles. The number of hydrogen-bond acceptors (Lipinski definition) is 6. The van der Waals surface area contributed by atoms with Gasteiger partial charge < -0.3 is 14.8 Å². The molecule has 3 aliphatic heterocycles. The summed E-state index contributed by atoms with van der Waals surface area (Å²) in [6.45, 7) is 3.31. The second-order valence-electron chi connectivity index (χ2n) is 14.3. The van der Waals surface area contributed by atoms with E-state index in [0.717, 1.165) is 42.4 Å². The number of fused-ring (bicyclic) bond motifs is 4. The molecule has 2 aromatic carbocycles. The Balaban J connectivity index is 1.29. The molecule has 5 atom stereocenters. The average Bonchev–Trinajstić information content (AvgIpc) is 3.60. The highest BCUT2D eigenvalue weighted by atomic mass is 35.5. The number of likely N-dealkylation sites (tertiary alicyclic amines) is 1. The van der Waals surface area contributed by atoms with Crippen molar-refractivity contribution in [2.45, 2.75) is 69.6 Å². The van der Waals surface area contributed by atoms with E-state index < -0.39 is 5.82 Å². The van der Waals surface area contributed by atoms with Crippen molar-refractivity contribution in [2.24, 2.45) is 11.8 Å². The maximum Gasteiger partial charge on any atom is 0.226 e. The van der Waals surface area contributed by atoms with E-state index in [1.165, 1.54) is 0 Å². The smallest absolute Gasteiger partial charge is 0.226 e. The standard InChI is InChI=1S/C38H33Cl2FN8O/c1-19-26-13-31(30-12-24(48-17-20(14-43)15-45-48)18-47(30)38(50)21-7-8-21)49(36-23-11-29(36)44-16-23)37(26)27-10-22(4-3-9-42)32(34(41)35(27)46-19)25-5-2-6-28(39)33(25)40/h2,5-6,10,13,15,17,21,23-24,29-30,36,44H,3-4,7-8,11-12,16,18H2,1H3/t23-,24+,29-,30-,36+/m1/s1. The van der Waals surface area contributed by atoms with Crippen LogP contribution in [0.1, 0.15) is 72.7 Å². The minimum Gasteiger partial charge on any atom is -0.337 e. The van der Waals surface area contributed by atoms with Gasteiger partial charge in [0.05, 0.1) is 51.5 Å². The van der Waals surface area contributed by atoms with E-state index in [-0.39, 0.29) is 53.0 Å². The van der Waals surface area contributed by atoms with Crippen LogP contribution in [0.25, 0.3) is 32.9 Å².